The number of Topliss-reactive ketones (excluding diaryl/α,β-unsaturated/α-hetero) is 1. The number of hydrogen-bond acceptors (Lipinski definition) is 5. The second-order valence-corrected chi connectivity index (χ2v) is 11.9. The molecule has 6 aliphatic rings. The van der Waals surface area contributed by atoms with Gasteiger partial charge in [0.15, 0.2) is 0 Å². The van der Waals surface area contributed by atoms with Crippen molar-refractivity contribution < 1.29 is 23.5 Å². The predicted molar refractivity (Wildman–Crippen MR) is 116 cm³/mol. The molecule has 2 unspecified atom stereocenters. The van der Waals surface area contributed by atoms with Crippen molar-refractivity contribution in [2.24, 2.45) is 22.7 Å². The van der Waals surface area contributed by atoms with Crippen LogP contribution < -0.4 is 0 Å². The van der Waals surface area contributed by atoms with Crippen molar-refractivity contribution in [1.29, 1.82) is 0 Å². The quantitative estimate of drug-likeness (QED) is 0.351. The van der Waals surface area contributed by atoms with E-state index in [1.807, 2.05) is 13.0 Å². The van der Waals surface area contributed by atoms with Gasteiger partial charge in [-0.3, -0.25) is 9.59 Å². The largest absolute Gasteiger partial charge is 0.466 e. The van der Waals surface area contributed by atoms with Crippen LogP contribution in [0.25, 0.3) is 0 Å². The standard InChI is InChI=1S/C27H32O5/c1-15-4-5-20(30-15)18-13-16-12-17(28)6-9-24(16,2)27-21(31-27)14-25(3)19(23(18)27)7-10-26(25)11-8-22(29)32-26/h4-5,13,18-19,21,23H,6-12,14H2,1-3H3/t18-,19-,21+,23-,24?,25-,26+,27?/m0/s1. The third kappa shape index (κ3) is 2.06. The van der Waals surface area contributed by atoms with Crippen molar-refractivity contribution in [3.8, 4) is 0 Å². The molecule has 5 nitrogen and oxygen atoms in total. The monoisotopic (exact) mass is 436 g/mol. The topological polar surface area (TPSA) is 69.0 Å². The van der Waals surface area contributed by atoms with E-state index in [0.29, 0.717) is 31.0 Å². The summed E-state index contributed by atoms with van der Waals surface area (Å²) in [6, 6.07) is 4.16. The summed E-state index contributed by atoms with van der Waals surface area (Å²) >= 11 is 0. The summed E-state index contributed by atoms with van der Waals surface area (Å²) in [7, 11) is 0. The van der Waals surface area contributed by atoms with Crippen LogP contribution >= 0.6 is 0 Å². The van der Waals surface area contributed by atoms with Crippen molar-refractivity contribution in [3.63, 3.8) is 0 Å². The first kappa shape index (κ1) is 19.6. The lowest BCUT2D eigenvalue weighted by Gasteiger charge is -2.57. The highest BCUT2D eigenvalue weighted by Crippen LogP contribution is 2.78. The molecule has 32 heavy (non-hydrogen) atoms. The molecule has 170 valence electrons. The maximum absolute atomic E-state index is 12.5. The fraction of sp³-hybridized carbons (Fsp3) is 0.704. The van der Waals surface area contributed by atoms with E-state index >= 15 is 0 Å². The molecule has 7 rings (SSSR count). The summed E-state index contributed by atoms with van der Waals surface area (Å²) in [5.41, 5.74) is 0.499. The number of fused-ring (bicyclic) bond motifs is 4. The van der Waals surface area contributed by atoms with Crippen LogP contribution in [0, 0.1) is 29.6 Å². The van der Waals surface area contributed by atoms with E-state index in [9.17, 15) is 9.59 Å². The summed E-state index contributed by atoms with van der Waals surface area (Å²) in [6.45, 7) is 6.71. The van der Waals surface area contributed by atoms with Crippen LogP contribution in [-0.4, -0.2) is 29.1 Å². The summed E-state index contributed by atoms with van der Waals surface area (Å²) in [5.74, 6) is 2.98. The number of furan rings is 1. The van der Waals surface area contributed by atoms with Crippen LogP contribution in [0.5, 0.6) is 0 Å². The molecule has 5 heteroatoms. The Kier molecular flexibility index (Phi) is 3.54. The van der Waals surface area contributed by atoms with Gasteiger partial charge in [-0.2, -0.15) is 0 Å². The molecule has 3 heterocycles. The van der Waals surface area contributed by atoms with Gasteiger partial charge in [0.2, 0.25) is 0 Å². The molecule has 2 saturated heterocycles. The predicted octanol–water partition coefficient (Wildman–Crippen LogP) is 5.02. The minimum Gasteiger partial charge on any atom is -0.466 e. The number of carbonyl (C=O) groups excluding carboxylic acids is 2. The Morgan fingerprint density at radius 2 is 1.91 bits per heavy atom. The van der Waals surface area contributed by atoms with Gasteiger partial charge in [-0.1, -0.05) is 25.5 Å². The Bertz CT molecular complexity index is 1080. The van der Waals surface area contributed by atoms with Gasteiger partial charge in [-0.15, -0.1) is 0 Å². The molecular weight excluding hydrogens is 404 g/mol. The molecule has 5 fully saturated rings. The smallest absolute Gasteiger partial charge is 0.306 e. The number of hydrogen-bond donors (Lipinski definition) is 0. The molecule has 0 bridgehead atoms. The van der Waals surface area contributed by atoms with Gasteiger partial charge >= 0.3 is 5.97 Å². The summed E-state index contributed by atoms with van der Waals surface area (Å²) in [6.07, 6.45) is 8.92. The van der Waals surface area contributed by atoms with Crippen molar-refractivity contribution in [3.05, 3.63) is 35.3 Å². The third-order valence-electron chi connectivity index (χ3n) is 10.8. The first-order chi connectivity index (χ1) is 15.2. The molecule has 0 N–H and O–H groups in total. The Morgan fingerprint density at radius 3 is 2.62 bits per heavy atom. The highest BCUT2D eigenvalue weighted by Gasteiger charge is 2.82. The van der Waals surface area contributed by atoms with Gasteiger partial charge in [0.05, 0.1) is 6.10 Å². The zero-order chi connectivity index (χ0) is 22.1. The van der Waals surface area contributed by atoms with Crippen LogP contribution in [-0.2, 0) is 19.1 Å². The zero-order valence-corrected chi connectivity index (χ0v) is 19.2. The molecule has 3 saturated carbocycles. The van der Waals surface area contributed by atoms with E-state index in [-0.39, 0.29) is 45.9 Å². The molecule has 2 spiro atoms. The number of ether oxygens (including phenoxy) is 2. The fourth-order valence-electron chi connectivity index (χ4n) is 9.14. The fourth-order valence-corrected chi connectivity index (χ4v) is 9.14. The highest BCUT2D eigenvalue weighted by molar-refractivity contribution is 5.83. The summed E-state index contributed by atoms with van der Waals surface area (Å²) in [4.78, 5) is 24.7. The molecule has 2 aliphatic heterocycles. The van der Waals surface area contributed by atoms with Crippen LogP contribution in [0.4, 0.5) is 0 Å². The molecule has 4 aliphatic carbocycles. The Morgan fingerprint density at radius 1 is 1.06 bits per heavy atom. The maximum atomic E-state index is 12.5. The minimum atomic E-state index is -0.343. The van der Waals surface area contributed by atoms with Gasteiger partial charge in [-0.25, -0.2) is 0 Å². The Balaban J connectivity index is 1.41. The van der Waals surface area contributed by atoms with E-state index in [0.717, 1.165) is 43.6 Å². The van der Waals surface area contributed by atoms with Crippen molar-refractivity contribution in [2.45, 2.75) is 95.4 Å². The van der Waals surface area contributed by atoms with Crippen LogP contribution in [0.1, 0.15) is 82.7 Å². The normalized spacial score (nSPS) is 50.9. The summed E-state index contributed by atoms with van der Waals surface area (Å²) < 4.78 is 19.2. The SMILES string of the molecule is Cc1ccc([C@@H]2C=C3CC(=O)CCC3(C)C34O[C@@H]3C[C@@]3(C)[C@@H](CC[C@@]35CCC(=O)O5)[C@H]24)o1. The second-order valence-electron chi connectivity index (χ2n) is 11.9. The first-order valence-electron chi connectivity index (χ1n) is 12.4. The average Bonchev–Trinajstić information content (AvgIpc) is 3.00. The second kappa shape index (κ2) is 5.78. The third-order valence-corrected chi connectivity index (χ3v) is 10.8. The molecule has 8 atom stereocenters. The highest BCUT2D eigenvalue weighted by atomic mass is 16.6. The molecule has 1 aromatic rings. The van der Waals surface area contributed by atoms with Crippen molar-refractivity contribution in [1.82, 2.24) is 0 Å². The summed E-state index contributed by atoms with van der Waals surface area (Å²) in [5, 5.41) is 0. The zero-order valence-electron chi connectivity index (χ0n) is 19.2. The van der Waals surface area contributed by atoms with Crippen LogP contribution in [0.15, 0.2) is 28.2 Å². The van der Waals surface area contributed by atoms with E-state index in [1.54, 1.807) is 0 Å². The number of aryl methyl sites for hydroxylation is 1. The van der Waals surface area contributed by atoms with Crippen molar-refractivity contribution >= 4 is 11.8 Å². The number of allylic oxidation sites excluding steroid dienone is 1. The van der Waals surface area contributed by atoms with Crippen molar-refractivity contribution in [2.75, 3.05) is 0 Å². The first-order valence-corrected chi connectivity index (χ1v) is 12.4. The molecule has 0 aromatic carbocycles. The lowest BCUT2D eigenvalue weighted by atomic mass is 9.44. The minimum absolute atomic E-state index is 0.0396. The number of esters is 1. The van der Waals surface area contributed by atoms with E-state index < -0.39 is 0 Å². The van der Waals surface area contributed by atoms with Crippen LogP contribution in [0.2, 0.25) is 0 Å². The van der Waals surface area contributed by atoms with Gasteiger partial charge in [-0.05, 0) is 57.1 Å². The van der Waals surface area contributed by atoms with Gasteiger partial charge in [0.1, 0.15) is 28.5 Å². The Labute approximate surface area is 188 Å². The molecular formula is C27H32O5. The number of epoxide rings is 1. The van der Waals surface area contributed by atoms with Crippen LogP contribution in [0.3, 0.4) is 0 Å². The number of rotatable bonds is 1. The molecule has 0 radical (unpaired) electrons. The van der Waals surface area contributed by atoms with Gasteiger partial charge < -0.3 is 13.9 Å². The van der Waals surface area contributed by atoms with E-state index in [1.165, 1.54) is 5.57 Å². The lowest BCUT2D eigenvalue weighted by molar-refractivity contribution is -0.164. The Hall–Kier alpha value is -1.88. The molecule has 0 amide bonds. The van der Waals surface area contributed by atoms with E-state index in [4.69, 9.17) is 13.9 Å². The number of ketones is 1. The maximum Gasteiger partial charge on any atom is 0.306 e. The molecule has 1 aromatic heterocycles. The lowest BCUT2D eigenvalue weighted by Crippen LogP contribution is -2.61. The van der Waals surface area contributed by atoms with E-state index in [2.05, 4.69) is 26.0 Å². The van der Waals surface area contributed by atoms with Gasteiger partial charge in [0.25, 0.3) is 0 Å². The van der Waals surface area contributed by atoms with Gasteiger partial charge in [0, 0.05) is 41.9 Å². The number of carbonyl (C=O) groups is 2. The average molecular weight is 437 g/mol.